The third-order valence-corrected chi connectivity index (χ3v) is 4.67. The van der Waals surface area contributed by atoms with Gasteiger partial charge in [0.05, 0.1) is 14.2 Å². The Kier molecular flexibility index (Phi) is 6.34. The zero-order chi connectivity index (χ0) is 19.2. The molecule has 0 radical (unpaired) electrons. The van der Waals surface area contributed by atoms with Crippen LogP contribution in [0, 0.1) is 6.92 Å². The van der Waals surface area contributed by atoms with Gasteiger partial charge in [0.1, 0.15) is 5.82 Å². The van der Waals surface area contributed by atoms with E-state index in [0.29, 0.717) is 0 Å². The molecule has 0 spiro atoms. The lowest BCUT2D eigenvalue weighted by molar-refractivity contribution is 0.198. The van der Waals surface area contributed by atoms with Crippen molar-refractivity contribution in [1.29, 1.82) is 0 Å². The molecule has 7 heteroatoms. The number of ether oxygens (including phenoxy) is 3. The van der Waals surface area contributed by atoms with Gasteiger partial charge in [-0.3, -0.25) is 0 Å². The Labute approximate surface area is 160 Å². The smallest absolute Gasteiger partial charge is 0.227 e. The van der Waals surface area contributed by atoms with Crippen LogP contribution in [0.4, 0.5) is 11.8 Å². The van der Waals surface area contributed by atoms with Crippen molar-refractivity contribution in [3.05, 3.63) is 35.0 Å². The van der Waals surface area contributed by atoms with E-state index in [4.69, 9.17) is 19.2 Å². The van der Waals surface area contributed by atoms with E-state index in [1.165, 1.54) is 11.1 Å². The highest BCUT2D eigenvalue weighted by atomic mass is 16.5. The molecule has 0 saturated carbocycles. The molecule has 0 aliphatic carbocycles. The molecule has 1 aliphatic heterocycles. The first-order valence-corrected chi connectivity index (χ1v) is 9.21. The second-order valence-corrected chi connectivity index (χ2v) is 6.62. The van der Waals surface area contributed by atoms with Crippen molar-refractivity contribution in [2.75, 3.05) is 51.2 Å². The fourth-order valence-corrected chi connectivity index (χ4v) is 3.27. The molecule has 2 aromatic rings. The van der Waals surface area contributed by atoms with E-state index in [1.54, 1.807) is 21.3 Å². The van der Waals surface area contributed by atoms with Gasteiger partial charge in [0.15, 0.2) is 11.5 Å². The second-order valence-electron chi connectivity index (χ2n) is 6.62. The van der Waals surface area contributed by atoms with Gasteiger partial charge < -0.3 is 24.4 Å². The summed E-state index contributed by atoms with van der Waals surface area (Å²) in [6, 6.07) is 6.10. The largest absolute Gasteiger partial charge is 0.493 e. The molecule has 7 nitrogen and oxygen atoms in total. The van der Waals surface area contributed by atoms with Gasteiger partial charge in [-0.05, 0) is 43.0 Å². The van der Waals surface area contributed by atoms with Crippen LogP contribution in [0.1, 0.15) is 23.2 Å². The average Bonchev–Trinajstić information content (AvgIpc) is 2.69. The second kappa shape index (κ2) is 8.90. The maximum Gasteiger partial charge on any atom is 0.227 e. The highest BCUT2D eigenvalue weighted by Gasteiger charge is 2.21. The van der Waals surface area contributed by atoms with Crippen LogP contribution in [-0.2, 0) is 17.7 Å². The first kappa shape index (κ1) is 19.2. The normalized spacial score (nSPS) is 13.3. The van der Waals surface area contributed by atoms with Crippen LogP contribution >= 0.6 is 0 Å². The van der Waals surface area contributed by atoms with E-state index in [-0.39, 0.29) is 0 Å². The highest BCUT2D eigenvalue weighted by molar-refractivity contribution is 5.52. The minimum Gasteiger partial charge on any atom is -0.493 e. The molecule has 0 bridgehead atoms. The number of anilines is 2. The Balaban J connectivity index is 1.77. The van der Waals surface area contributed by atoms with Crippen molar-refractivity contribution >= 4 is 11.8 Å². The lowest BCUT2D eigenvalue weighted by Crippen LogP contribution is -2.32. The van der Waals surface area contributed by atoms with Gasteiger partial charge in [0, 0.05) is 45.1 Å². The summed E-state index contributed by atoms with van der Waals surface area (Å²) >= 11 is 0. The summed E-state index contributed by atoms with van der Waals surface area (Å²) in [5.74, 6) is 3.14. The fourth-order valence-electron chi connectivity index (χ4n) is 3.27. The van der Waals surface area contributed by atoms with Crippen molar-refractivity contribution < 1.29 is 14.2 Å². The number of nitrogens with one attached hydrogen (secondary N) is 1. The lowest BCUT2D eigenvalue weighted by Gasteiger charge is -2.30. The summed E-state index contributed by atoms with van der Waals surface area (Å²) in [4.78, 5) is 11.6. The Morgan fingerprint density at radius 2 is 1.78 bits per heavy atom. The van der Waals surface area contributed by atoms with E-state index < -0.39 is 0 Å². The molecule has 1 aromatic carbocycles. The number of hydrogen-bond acceptors (Lipinski definition) is 7. The first-order valence-electron chi connectivity index (χ1n) is 9.21. The van der Waals surface area contributed by atoms with Gasteiger partial charge in [0.2, 0.25) is 5.95 Å². The molecular weight excluding hydrogens is 344 g/mol. The Morgan fingerprint density at radius 3 is 2.48 bits per heavy atom. The number of rotatable bonds is 8. The van der Waals surface area contributed by atoms with Crippen molar-refractivity contribution in [2.45, 2.75) is 26.3 Å². The number of hydrogen-bond donors (Lipinski definition) is 1. The molecule has 0 atom stereocenters. The number of aromatic nitrogens is 2. The van der Waals surface area contributed by atoms with E-state index >= 15 is 0 Å². The lowest BCUT2D eigenvalue weighted by atomic mass is 9.99. The molecule has 146 valence electrons. The minimum absolute atomic E-state index is 0.734. The standard InChI is InChI=1S/C20H28N4O3/c1-14-10-19(21-7-5-9-25-2)23-20(22-14)24-8-6-15-11-17(26-3)18(27-4)12-16(15)13-24/h10-12H,5-9,13H2,1-4H3,(H,21,22,23). The SMILES string of the molecule is COCCCNc1cc(C)nc(N2CCc3cc(OC)c(OC)cc3C2)n1. The van der Waals surface area contributed by atoms with Crippen LogP contribution in [-0.4, -0.2) is 51.0 Å². The Morgan fingerprint density at radius 1 is 1.04 bits per heavy atom. The number of fused-ring (bicyclic) bond motifs is 1. The van der Waals surface area contributed by atoms with Crippen LogP contribution in [0.5, 0.6) is 11.5 Å². The number of aryl methyl sites for hydroxylation is 1. The summed E-state index contributed by atoms with van der Waals surface area (Å²) in [6.07, 6.45) is 1.86. The third-order valence-electron chi connectivity index (χ3n) is 4.67. The van der Waals surface area contributed by atoms with Crippen molar-refractivity contribution in [1.82, 2.24) is 9.97 Å². The highest BCUT2D eigenvalue weighted by Crippen LogP contribution is 2.34. The molecule has 1 aliphatic rings. The number of benzene rings is 1. The van der Waals surface area contributed by atoms with Gasteiger partial charge in [-0.2, -0.15) is 4.98 Å². The molecule has 2 heterocycles. The maximum atomic E-state index is 5.45. The van der Waals surface area contributed by atoms with Gasteiger partial charge in [-0.15, -0.1) is 0 Å². The molecule has 1 N–H and O–H groups in total. The van der Waals surface area contributed by atoms with Crippen LogP contribution in [0.3, 0.4) is 0 Å². The molecule has 1 aromatic heterocycles. The Bertz CT molecular complexity index is 782. The number of nitrogens with zero attached hydrogens (tertiary/aromatic N) is 3. The average molecular weight is 372 g/mol. The first-order chi connectivity index (χ1) is 13.1. The summed E-state index contributed by atoms with van der Waals surface area (Å²) in [6.45, 7) is 5.18. The predicted molar refractivity (Wildman–Crippen MR) is 106 cm³/mol. The maximum absolute atomic E-state index is 5.45. The monoisotopic (exact) mass is 372 g/mol. The van der Waals surface area contributed by atoms with E-state index in [2.05, 4.69) is 27.3 Å². The van der Waals surface area contributed by atoms with Crippen LogP contribution < -0.4 is 19.7 Å². The van der Waals surface area contributed by atoms with Gasteiger partial charge >= 0.3 is 0 Å². The van der Waals surface area contributed by atoms with Crippen molar-refractivity contribution in [3.63, 3.8) is 0 Å². The summed E-state index contributed by atoms with van der Waals surface area (Å²) in [7, 11) is 5.04. The van der Waals surface area contributed by atoms with Crippen LogP contribution in [0.2, 0.25) is 0 Å². The van der Waals surface area contributed by atoms with E-state index in [1.807, 2.05) is 13.0 Å². The van der Waals surface area contributed by atoms with Crippen molar-refractivity contribution in [2.24, 2.45) is 0 Å². The van der Waals surface area contributed by atoms with Crippen LogP contribution in [0.15, 0.2) is 18.2 Å². The quantitative estimate of drug-likeness (QED) is 0.715. The topological polar surface area (TPSA) is 68.7 Å². The van der Waals surface area contributed by atoms with Crippen molar-refractivity contribution in [3.8, 4) is 11.5 Å². The predicted octanol–water partition coefficient (Wildman–Crippen LogP) is 2.81. The summed E-state index contributed by atoms with van der Waals surface area (Å²) in [5.41, 5.74) is 3.46. The minimum atomic E-state index is 0.734. The number of methoxy groups -OCH3 is 3. The molecule has 0 unspecified atom stereocenters. The van der Waals surface area contributed by atoms with E-state index in [9.17, 15) is 0 Å². The zero-order valence-corrected chi connectivity index (χ0v) is 16.5. The van der Waals surface area contributed by atoms with Crippen LogP contribution in [0.25, 0.3) is 0 Å². The van der Waals surface area contributed by atoms with E-state index in [0.717, 1.165) is 68.0 Å². The molecule has 27 heavy (non-hydrogen) atoms. The third kappa shape index (κ3) is 4.60. The molecule has 0 amide bonds. The zero-order valence-electron chi connectivity index (χ0n) is 16.5. The summed E-state index contributed by atoms with van der Waals surface area (Å²) in [5, 5.41) is 3.36. The molecular formula is C20H28N4O3. The fraction of sp³-hybridized carbons (Fsp3) is 0.500. The molecule has 3 rings (SSSR count). The van der Waals surface area contributed by atoms with Gasteiger partial charge in [0.25, 0.3) is 0 Å². The Hall–Kier alpha value is -2.54. The van der Waals surface area contributed by atoms with Gasteiger partial charge in [-0.25, -0.2) is 4.98 Å². The molecule has 0 fully saturated rings. The molecule has 0 saturated heterocycles. The van der Waals surface area contributed by atoms with Gasteiger partial charge in [-0.1, -0.05) is 0 Å². The summed E-state index contributed by atoms with van der Waals surface area (Å²) < 4.78 is 16.0.